The second-order valence-electron chi connectivity index (χ2n) is 6.55. The number of carboxylic acid groups (broad SMARTS) is 1. The van der Waals surface area contributed by atoms with Crippen LogP contribution >= 0.6 is 0 Å². The van der Waals surface area contributed by atoms with Gasteiger partial charge < -0.3 is 15.3 Å². The molecule has 1 atom stereocenters. The van der Waals surface area contributed by atoms with Gasteiger partial charge in [0, 0.05) is 13.1 Å². The third kappa shape index (κ3) is 2.63. The number of carbonyl (C=O) groups is 2. The van der Waals surface area contributed by atoms with Crippen LogP contribution in [0.3, 0.4) is 0 Å². The van der Waals surface area contributed by atoms with Crippen molar-refractivity contribution in [3.63, 3.8) is 0 Å². The van der Waals surface area contributed by atoms with E-state index < -0.39 is 11.5 Å². The van der Waals surface area contributed by atoms with Gasteiger partial charge in [0.2, 0.25) is 0 Å². The number of hydrogen-bond donors (Lipinski definition) is 2. The Morgan fingerprint density at radius 2 is 1.85 bits per heavy atom. The average Bonchev–Trinajstić information content (AvgIpc) is 3.04. The number of rotatable bonds is 4. The van der Waals surface area contributed by atoms with Gasteiger partial charge in [0.15, 0.2) is 0 Å². The van der Waals surface area contributed by atoms with Crippen LogP contribution in [0.1, 0.15) is 58.8 Å². The lowest BCUT2D eigenvalue weighted by Crippen LogP contribution is -2.55. The molecule has 1 saturated heterocycles. The van der Waals surface area contributed by atoms with Crippen LogP contribution < -0.4 is 5.32 Å². The first kappa shape index (κ1) is 15.1. The van der Waals surface area contributed by atoms with Crippen molar-refractivity contribution in [2.45, 2.75) is 64.3 Å². The van der Waals surface area contributed by atoms with E-state index in [0.29, 0.717) is 19.5 Å². The van der Waals surface area contributed by atoms with Crippen molar-refractivity contribution < 1.29 is 14.7 Å². The molecular weight excluding hydrogens is 256 g/mol. The maximum atomic E-state index is 12.3. The quantitative estimate of drug-likeness (QED) is 0.832. The summed E-state index contributed by atoms with van der Waals surface area (Å²) in [4.78, 5) is 25.2. The molecule has 0 spiro atoms. The van der Waals surface area contributed by atoms with Gasteiger partial charge in [-0.05, 0) is 44.4 Å². The number of likely N-dealkylation sites (tertiary alicyclic amines) is 1. The predicted molar refractivity (Wildman–Crippen MR) is 76.6 cm³/mol. The topological polar surface area (TPSA) is 69.6 Å². The molecule has 1 unspecified atom stereocenters. The molecule has 0 bridgehead atoms. The molecule has 2 amide bonds. The zero-order chi connectivity index (χ0) is 14.8. The number of amides is 2. The van der Waals surface area contributed by atoms with Crippen molar-refractivity contribution in [3.8, 4) is 0 Å². The van der Waals surface area contributed by atoms with Crippen molar-refractivity contribution in [1.82, 2.24) is 10.2 Å². The SMILES string of the molecule is CCC1(CNC(=O)N2CCCC2(C)C(=O)O)CCCC1. The zero-order valence-electron chi connectivity index (χ0n) is 12.6. The molecule has 5 heteroatoms. The summed E-state index contributed by atoms with van der Waals surface area (Å²) in [5, 5.41) is 12.3. The van der Waals surface area contributed by atoms with Crippen LogP contribution in [0.5, 0.6) is 0 Å². The van der Waals surface area contributed by atoms with E-state index in [1.54, 1.807) is 6.92 Å². The van der Waals surface area contributed by atoms with E-state index >= 15 is 0 Å². The lowest BCUT2D eigenvalue weighted by molar-refractivity contribution is -0.147. The summed E-state index contributed by atoms with van der Waals surface area (Å²) in [6.45, 7) is 5.03. The minimum atomic E-state index is -1.04. The summed E-state index contributed by atoms with van der Waals surface area (Å²) in [7, 11) is 0. The normalized spacial score (nSPS) is 28.6. The molecule has 0 radical (unpaired) electrons. The van der Waals surface area contributed by atoms with E-state index in [9.17, 15) is 14.7 Å². The second kappa shape index (κ2) is 5.62. The van der Waals surface area contributed by atoms with Crippen molar-refractivity contribution in [1.29, 1.82) is 0 Å². The predicted octanol–water partition coefficient (Wildman–Crippen LogP) is 2.61. The molecule has 20 heavy (non-hydrogen) atoms. The van der Waals surface area contributed by atoms with E-state index in [1.165, 1.54) is 30.6 Å². The van der Waals surface area contributed by atoms with Crippen molar-refractivity contribution in [3.05, 3.63) is 0 Å². The first-order valence-corrected chi connectivity index (χ1v) is 7.72. The fraction of sp³-hybridized carbons (Fsp3) is 0.867. The number of hydrogen-bond acceptors (Lipinski definition) is 2. The number of aliphatic carboxylic acids is 1. The summed E-state index contributed by atoms with van der Waals surface area (Å²) in [5.41, 5.74) is -0.811. The highest BCUT2D eigenvalue weighted by Gasteiger charge is 2.46. The van der Waals surface area contributed by atoms with Crippen molar-refractivity contribution in [2.75, 3.05) is 13.1 Å². The molecule has 2 fully saturated rings. The van der Waals surface area contributed by atoms with Gasteiger partial charge in [-0.2, -0.15) is 0 Å². The van der Waals surface area contributed by atoms with Crippen LogP contribution in [0.15, 0.2) is 0 Å². The fourth-order valence-electron chi connectivity index (χ4n) is 3.65. The molecular formula is C15H26N2O3. The molecule has 5 nitrogen and oxygen atoms in total. The number of nitrogens with zero attached hydrogens (tertiary/aromatic N) is 1. The van der Waals surface area contributed by atoms with Gasteiger partial charge in [-0.25, -0.2) is 9.59 Å². The number of nitrogens with one attached hydrogen (secondary N) is 1. The van der Waals surface area contributed by atoms with Crippen LogP contribution in [0.2, 0.25) is 0 Å². The molecule has 0 aromatic heterocycles. The highest BCUT2D eigenvalue weighted by molar-refractivity contribution is 5.86. The van der Waals surface area contributed by atoms with E-state index in [2.05, 4.69) is 12.2 Å². The molecule has 0 aromatic carbocycles. The molecule has 0 aromatic rings. The largest absolute Gasteiger partial charge is 0.480 e. The smallest absolute Gasteiger partial charge is 0.329 e. The Kier molecular flexibility index (Phi) is 4.25. The third-order valence-electron chi connectivity index (χ3n) is 5.38. The Bertz CT molecular complexity index is 391. The zero-order valence-corrected chi connectivity index (χ0v) is 12.6. The van der Waals surface area contributed by atoms with Crippen LogP contribution in [0.25, 0.3) is 0 Å². The van der Waals surface area contributed by atoms with Gasteiger partial charge in [0.25, 0.3) is 0 Å². The first-order valence-electron chi connectivity index (χ1n) is 7.72. The highest BCUT2D eigenvalue weighted by Crippen LogP contribution is 2.40. The fourth-order valence-corrected chi connectivity index (χ4v) is 3.65. The molecule has 2 aliphatic rings. The number of urea groups is 1. The van der Waals surface area contributed by atoms with Gasteiger partial charge >= 0.3 is 12.0 Å². The molecule has 1 heterocycles. The standard InChI is InChI=1S/C15H26N2O3/c1-3-15(8-4-5-9-15)11-16-13(20)17-10-6-7-14(17,2)12(18)19/h3-11H2,1-2H3,(H,16,20)(H,18,19). The summed E-state index contributed by atoms with van der Waals surface area (Å²) in [6.07, 6.45) is 7.17. The van der Waals surface area contributed by atoms with Crippen LogP contribution in [-0.4, -0.2) is 40.6 Å². The molecule has 2 N–H and O–H groups in total. The number of carbonyl (C=O) groups excluding carboxylic acids is 1. The van der Waals surface area contributed by atoms with E-state index in [1.807, 2.05) is 0 Å². The average molecular weight is 282 g/mol. The Labute approximate surface area is 120 Å². The van der Waals surface area contributed by atoms with Crippen LogP contribution in [0.4, 0.5) is 4.79 Å². The lowest BCUT2D eigenvalue weighted by atomic mass is 9.83. The molecule has 1 aliphatic carbocycles. The molecule has 1 aliphatic heterocycles. The number of carboxylic acids is 1. The Morgan fingerprint density at radius 1 is 1.20 bits per heavy atom. The summed E-state index contributed by atoms with van der Waals surface area (Å²) in [5.74, 6) is -0.906. The Morgan fingerprint density at radius 3 is 2.40 bits per heavy atom. The molecule has 1 saturated carbocycles. The monoisotopic (exact) mass is 282 g/mol. The van der Waals surface area contributed by atoms with Crippen LogP contribution in [-0.2, 0) is 4.79 Å². The Balaban J connectivity index is 1.96. The minimum absolute atomic E-state index is 0.216. The maximum absolute atomic E-state index is 12.3. The summed E-state index contributed by atoms with van der Waals surface area (Å²) in [6, 6.07) is -0.216. The Hall–Kier alpha value is -1.26. The maximum Gasteiger partial charge on any atom is 0.329 e. The van der Waals surface area contributed by atoms with E-state index in [-0.39, 0.29) is 11.4 Å². The first-order chi connectivity index (χ1) is 9.43. The van der Waals surface area contributed by atoms with Gasteiger partial charge in [-0.1, -0.05) is 19.8 Å². The van der Waals surface area contributed by atoms with Crippen molar-refractivity contribution >= 4 is 12.0 Å². The minimum Gasteiger partial charge on any atom is -0.480 e. The summed E-state index contributed by atoms with van der Waals surface area (Å²) >= 11 is 0. The van der Waals surface area contributed by atoms with Gasteiger partial charge in [-0.3, -0.25) is 0 Å². The van der Waals surface area contributed by atoms with Gasteiger partial charge in [-0.15, -0.1) is 0 Å². The lowest BCUT2D eigenvalue weighted by Gasteiger charge is -2.33. The van der Waals surface area contributed by atoms with Gasteiger partial charge in [0.1, 0.15) is 5.54 Å². The van der Waals surface area contributed by atoms with Crippen molar-refractivity contribution in [2.24, 2.45) is 5.41 Å². The third-order valence-corrected chi connectivity index (χ3v) is 5.38. The highest BCUT2D eigenvalue weighted by atomic mass is 16.4. The van der Waals surface area contributed by atoms with E-state index in [0.717, 1.165) is 12.8 Å². The molecule has 114 valence electrons. The summed E-state index contributed by atoms with van der Waals surface area (Å²) < 4.78 is 0. The van der Waals surface area contributed by atoms with Crippen LogP contribution in [0, 0.1) is 5.41 Å². The van der Waals surface area contributed by atoms with Gasteiger partial charge in [0.05, 0.1) is 0 Å². The van der Waals surface area contributed by atoms with E-state index in [4.69, 9.17) is 0 Å². The molecule has 2 rings (SSSR count). The second-order valence-corrected chi connectivity index (χ2v) is 6.55.